The molecule has 1 aromatic rings. The first-order valence-electron chi connectivity index (χ1n) is 5.56. The first kappa shape index (κ1) is 15.9. The summed E-state index contributed by atoms with van der Waals surface area (Å²) in [6.07, 6.45) is 0. The van der Waals surface area contributed by atoms with Gasteiger partial charge in [0, 0.05) is 6.54 Å². The highest BCUT2D eigenvalue weighted by Crippen LogP contribution is 2.16. The number of halogens is 1. The zero-order valence-electron chi connectivity index (χ0n) is 10.9. The Morgan fingerprint density at radius 3 is 2.58 bits per heavy atom. The first-order chi connectivity index (χ1) is 8.77. The second-order valence-electron chi connectivity index (χ2n) is 4.11. The highest BCUT2D eigenvalue weighted by atomic mass is 35.5. The Morgan fingerprint density at radius 2 is 2.05 bits per heavy atom. The first-order valence-corrected chi connectivity index (χ1v) is 7.48. The van der Waals surface area contributed by atoms with Crippen molar-refractivity contribution in [3.8, 4) is 0 Å². The number of aryl methyl sites for hydroxylation is 2. The molecule has 0 heterocycles. The Bertz CT molecular complexity index is 571. The number of carbonyl (C=O) groups is 1. The molecule has 0 saturated carbocycles. The van der Waals surface area contributed by atoms with E-state index in [1.165, 1.54) is 13.2 Å². The lowest BCUT2D eigenvalue weighted by Gasteiger charge is -2.11. The van der Waals surface area contributed by atoms with Gasteiger partial charge in [0.05, 0.1) is 12.0 Å². The van der Waals surface area contributed by atoms with Crippen molar-refractivity contribution in [1.29, 1.82) is 0 Å². The average Bonchev–Trinajstić information content (AvgIpc) is 2.34. The van der Waals surface area contributed by atoms with Crippen LogP contribution in [-0.4, -0.2) is 33.4 Å². The quantitative estimate of drug-likeness (QED) is 0.658. The molecule has 19 heavy (non-hydrogen) atoms. The zero-order valence-corrected chi connectivity index (χ0v) is 12.5. The van der Waals surface area contributed by atoms with Crippen molar-refractivity contribution >= 4 is 27.6 Å². The molecule has 0 fully saturated rings. The van der Waals surface area contributed by atoms with Crippen molar-refractivity contribution in [3.05, 3.63) is 29.3 Å². The van der Waals surface area contributed by atoms with Gasteiger partial charge in [-0.3, -0.25) is 4.79 Å². The molecular weight excluding hydrogens is 290 g/mol. The molecule has 0 aliphatic rings. The van der Waals surface area contributed by atoms with Crippen LogP contribution in [0.15, 0.2) is 23.1 Å². The number of ether oxygens (including phenoxy) is 1. The fourth-order valence-corrected chi connectivity index (χ4v) is 3.10. The maximum absolute atomic E-state index is 12.1. The third kappa shape index (κ3) is 4.19. The maximum atomic E-state index is 12.1. The van der Waals surface area contributed by atoms with E-state index in [9.17, 15) is 13.2 Å². The largest absolute Gasteiger partial charge is 0.468 e. The highest BCUT2D eigenvalue weighted by molar-refractivity contribution is 7.89. The van der Waals surface area contributed by atoms with Gasteiger partial charge in [-0.15, -0.1) is 11.6 Å². The van der Waals surface area contributed by atoms with E-state index in [1.54, 1.807) is 19.1 Å². The minimum atomic E-state index is -3.69. The van der Waals surface area contributed by atoms with Crippen LogP contribution in [0.4, 0.5) is 0 Å². The predicted molar refractivity (Wildman–Crippen MR) is 72.8 cm³/mol. The SMILES string of the molecule is COC(=O)C(Cl)CNS(=O)(=O)c1ccc(C)cc1C. The molecule has 1 rings (SSSR count). The minimum absolute atomic E-state index is 0.173. The van der Waals surface area contributed by atoms with Gasteiger partial charge in [-0.05, 0) is 25.5 Å². The van der Waals surface area contributed by atoms with E-state index in [0.717, 1.165) is 5.56 Å². The molecule has 0 aliphatic heterocycles. The van der Waals surface area contributed by atoms with Gasteiger partial charge in [0.1, 0.15) is 5.38 Å². The summed E-state index contributed by atoms with van der Waals surface area (Å²) in [5.74, 6) is -0.676. The van der Waals surface area contributed by atoms with Crippen LogP contribution in [0.5, 0.6) is 0 Å². The van der Waals surface area contributed by atoms with E-state index in [-0.39, 0.29) is 11.4 Å². The molecule has 0 spiro atoms. The Labute approximate surface area is 118 Å². The van der Waals surface area contributed by atoms with Gasteiger partial charge in [0.2, 0.25) is 10.0 Å². The number of benzene rings is 1. The third-order valence-corrected chi connectivity index (χ3v) is 4.45. The molecule has 7 heteroatoms. The summed E-state index contributed by atoms with van der Waals surface area (Å²) in [4.78, 5) is 11.3. The number of hydrogen-bond acceptors (Lipinski definition) is 4. The number of sulfonamides is 1. The summed E-state index contributed by atoms with van der Waals surface area (Å²) in [6.45, 7) is 3.37. The van der Waals surface area contributed by atoms with Gasteiger partial charge < -0.3 is 4.74 Å². The van der Waals surface area contributed by atoms with Crippen LogP contribution in [0, 0.1) is 13.8 Å². The number of esters is 1. The molecule has 5 nitrogen and oxygen atoms in total. The van der Waals surface area contributed by atoms with Crippen molar-refractivity contribution in [2.75, 3.05) is 13.7 Å². The second-order valence-corrected chi connectivity index (χ2v) is 6.37. The molecule has 0 aliphatic carbocycles. The summed E-state index contributed by atoms with van der Waals surface area (Å²) in [5.41, 5.74) is 1.61. The van der Waals surface area contributed by atoms with Gasteiger partial charge in [0.25, 0.3) is 0 Å². The Kier molecular flexibility index (Phi) is 5.34. The number of alkyl halides is 1. The van der Waals surface area contributed by atoms with Gasteiger partial charge in [-0.1, -0.05) is 17.7 Å². The number of rotatable bonds is 5. The van der Waals surface area contributed by atoms with Crippen molar-refractivity contribution in [2.24, 2.45) is 0 Å². The van der Waals surface area contributed by atoms with Crippen LogP contribution in [-0.2, 0) is 19.6 Å². The van der Waals surface area contributed by atoms with Crippen LogP contribution in [0.25, 0.3) is 0 Å². The molecule has 1 N–H and O–H groups in total. The molecule has 1 atom stereocenters. The van der Waals surface area contributed by atoms with Gasteiger partial charge in [0.15, 0.2) is 0 Å². The van der Waals surface area contributed by atoms with Crippen LogP contribution in [0.2, 0.25) is 0 Å². The lowest BCUT2D eigenvalue weighted by Crippen LogP contribution is -2.34. The van der Waals surface area contributed by atoms with Gasteiger partial charge >= 0.3 is 5.97 Å². The second kappa shape index (κ2) is 6.36. The van der Waals surface area contributed by atoms with Crippen molar-refractivity contribution < 1.29 is 17.9 Å². The van der Waals surface area contributed by atoms with E-state index in [2.05, 4.69) is 9.46 Å². The monoisotopic (exact) mass is 305 g/mol. The van der Waals surface area contributed by atoms with E-state index in [4.69, 9.17) is 11.6 Å². The summed E-state index contributed by atoms with van der Waals surface area (Å²) in [7, 11) is -2.50. The van der Waals surface area contributed by atoms with E-state index in [1.807, 2.05) is 6.92 Å². The van der Waals surface area contributed by atoms with Crippen LogP contribution in [0.3, 0.4) is 0 Å². The smallest absolute Gasteiger partial charge is 0.325 e. The molecule has 0 aromatic heterocycles. The summed E-state index contributed by atoms with van der Waals surface area (Å²) in [5, 5.41) is -1.05. The Balaban J connectivity index is 2.85. The van der Waals surface area contributed by atoms with Crippen LogP contribution >= 0.6 is 11.6 Å². The number of carbonyl (C=O) groups excluding carboxylic acids is 1. The predicted octanol–water partition coefficient (Wildman–Crippen LogP) is 1.36. The minimum Gasteiger partial charge on any atom is -0.468 e. The van der Waals surface area contributed by atoms with Crippen LogP contribution in [0.1, 0.15) is 11.1 Å². The van der Waals surface area contributed by atoms with Crippen molar-refractivity contribution in [2.45, 2.75) is 24.1 Å². The van der Waals surface area contributed by atoms with Crippen molar-refractivity contribution in [1.82, 2.24) is 4.72 Å². The van der Waals surface area contributed by atoms with E-state index < -0.39 is 21.4 Å². The molecule has 0 amide bonds. The summed E-state index contributed by atoms with van der Waals surface area (Å²) < 4.78 is 30.8. The zero-order chi connectivity index (χ0) is 14.6. The van der Waals surface area contributed by atoms with E-state index >= 15 is 0 Å². The molecular formula is C12H16ClNO4S. The summed E-state index contributed by atoms with van der Waals surface area (Å²) in [6, 6.07) is 5.00. The third-order valence-electron chi connectivity index (χ3n) is 2.53. The molecule has 0 saturated heterocycles. The standard InChI is InChI=1S/C12H16ClNO4S/c1-8-4-5-11(9(2)6-8)19(16,17)14-7-10(13)12(15)18-3/h4-6,10,14H,7H2,1-3H3. The maximum Gasteiger partial charge on any atom is 0.325 e. The normalized spacial score (nSPS) is 13.1. The number of nitrogens with one attached hydrogen (secondary N) is 1. The van der Waals surface area contributed by atoms with Crippen molar-refractivity contribution in [3.63, 3.8) is 0 Å². The Morgan fingerprint density at radius 1 is 1.42 bits per heavy atom. The molecule has 1 aromatic carbocycles. The number of hydrogen-bond donors (Lipinski definition) is 1. The number of methoxy groups -OCH3 is 1. The highest BCUT2D eigenvalue weighted by Gasteiger charge is 2.21. The Hall–Kier alpha value is -1.11. The summed E-state index contributed by atoms with van der Waals surface area (Å²) >= 11 is 5.69. The fraction of sp³-hybridized carbons (Fsp3) is 0.417. The lowest BCUT2D eigenvalue weighted by atomic mass is 10.2. The lowest BCUT2D eigenvalue weighted by molar-refractivity contribution is -0.140. The molecule has 0 bridgehead atoms. The average molecular weight is 306 g/mol. The van der Waals surface area contributed by atoms with E-state index in [0.29, 0.717) is 5.56 Å². The molecule has 0 radical (unpaired) electrons. The van der Waals surface area contributed by atoms with Gasteiger partial charge in [-0.2, -0.15) is 0 Å². The topological polar surface area (TPSA) is 72.5 Å². The fourth-order valence-electron chi connectivity index (χ4n) is 1.57. The van der Waals surface area contributed by atoms with Crippen LogP contribution < -0.4 is 4.72 Å². The molecule has 1 unspecified atom stereocenters. The van der Waals surface area contributed by atoms with Gasteiger partial charge in [-0.25, -0.2) is 13.1 Å². The molecule has 106 valence electrons.